The lowest BCUT2D eigenvalue weighted by Gasteiger charge is -2.32. The molecule has 3 heterocycles. The van der Waals surface area contributed by atoms with Crippen LogP contribution in [0.15, 0.2) is 36.7 Å². The van der Waals surface area contributed by atoms with Gasteiger partial charge in [0.1, 0.15) is 10.5 Å². The van der Waals surface area contributed by atoms with Crippen molar-refractivity contribution in [2.24, 2.45) is 0 Å². The maximum atomic E-state index is 13.3. The van der Waals surface area contributed by atoms with E-state index < -0.39 is 35.2 Å². The van der Waals surface area contributed by atoms with Gasteiger partial charge in [0.15, 0.2) is 10.8 Å². The van der Waals surface area contributed by atoms with Crippen LogP contribution in [-0.4, -0.2) is 44.8 Å². The summed E-state index contributed by atoms with van der Waals surface area (Å²) in [5.41, 5.74) is -1.02. The molecule has 4 rings (SSSR count). The molecule has 0 aliphatic carbocycles. The lowest BCUT2D eigenvalue weighted by atomic mass is 10.1. The number of nitrogens with one attached hydrogen (secondary N) is 2. The highest BCUT2D eigenvalue weighted by atomic mass is 32.1. The van der Waals surface area contributed by atoms with E-state index in [0.717, 1.165) is 23.5 Å². The number of thiazole rings is 1. The second kappa shape index (κ2) is 10.6. The SMILES string of the molecule is C[C@H]1CN(c2ccc(C(F)(F)F)cc2)C(=O)c2c(NC(=O)c3cnc(NC(=O)OC(C)(C)C)s3)cnn21.S. The highest BCUT2D eigenvalue weighted by Crippen LogP contribution is 2.34. The van der Waals surface area contributed by atoms with E-state index in [2.05, 4.69) is 20.7 Å². The molecule has 1 aromatic carbocycles. The van der Waals surface area contributed by atoms with Crippen LogP contribution in [0.5, 0.6) is 0 Å². The number of anilines is 3. The van der Waals surface area contributed by atoms with Crippen LogP contribution in [0.1, 0.15) is 59.5 Å². The van der Waals surface area contributed by atoms with Crippen LogP contribution in [-0.2, 0) is 10.9 Å². The first-order chi connectivity index (χ1) is 17.2. The molecule has 204 valence electrons. The minimum absolute atomic E-state index is 0. The summed E-state index contributed by atoms with van der Waals surface area (Å²) in [4.78, 5) is 43.6. The van der Waals surface area contributed by atoms with Gasteiger partial charge in [-0.3, -0.25) is 19.6 Å². The molecule has 38 heavy (non-hydrogen) atoms. The van der Waals surface area contributed by atoms with Gasteiger partial charge in [0.25, 0.3) is 11.8 Å². The third kappa shape index (κ3) is 6.27. The van der Waals surface area contributed by atoms with Crippen molar-refractivity contribution in [3.63, 3.8) is 0 Å². The third-order valence-corrected chi connectivity index (χ3v) is 6.11. The molecule has 1 aliphatic heterocycles. The molecule has 2 aromatic heterocycles. The van der Waals surface area contributed by atoms with E-state index in [0.29, 0.717) is 0 Å². The summed E-state index contributed by atoms with van der Waals surface area (Å²) < 4.78 is 45.4. The van der Waals surface area contributed by atoms with Gasteiger partial charge < -0.3 is 15.0 Å². The smallest absolute Gasteiger partial charge is 0.416 e. The summed E-state index contributed by atoms with van der Waals surface area (Å²) in [6.07, 6.45) is -2.62. The van der Waals surface area contributed by atoms with E-state index in [9.17, 15) is 27.6 Å². The number of hydrogen-bond acceptors (Lipinski definition) is 7. The number of amides is 3. The number of hydrogen-bond donors (Lipinski definition) is 2. The van der Waals surface area contributed by atoms with Crippen molar-refractivity contribution in [1.29, 1.82) is 0 Å². The Morgan fingerprint density at radius 1 is 1.11 bits per heavy atom. The summed E-state index contributed by atoms with van der Waals surface area (Å²) >= 11 is 0.907. The van der Waals surface area contributed by atoms with Gasteiger partial charge in [-0.2, -0.15) is 31.8 Å². The molecule has 3 aromatic rings. The predicted molar refractivity (Wildman–Crippen MR) is 140 cm³/mol. The molecule has 10 nitrogen and oxygen atoms in total. The Labute approximate surface area is 226 Å². The molecule has 0 saturated heterocycles. The second-order valence-corrected chi connectivity index (χ2v) is 10.3. The van der Waals surface area contributed by atoms with Crippen LogP contribution in [0.2, 0.25) is 0 Å². The van der Waals surface area contributed by atoms with Gasteiger partial charge in [-0.25, -0.2) is 9.78 Å². The molecule has 1 aliphatic rings. The van der Waals surface area contributed by atoms with Gasteiger partial charge in [-0.15, -0.1) is 0 Å². The van der Waals surface area contributed by atoms with Gasteiger partial charge in [0.05, 0.1) is 29.7 Å². The molecule has 0 bridgehead atoms. The summed E-state index contributed by atoms with van der Waals surface area (Å²) in [5.74, 6) is -1.11. The molecule has 0 unspecified atom stereocenters. The fraction of sp³-hybridized carbons (Fsp3) is 0.348. The predicted octanol–water partition coefficient (Wildman–Crippen LogP) is 5.29. The maximum Gasteiger partial charge on any atom is 0.416 e. The van der Waals surface area contributed by atoms with Gasteiger partial charge in [0.2, 0.25) is 0 Å². The van der Waals surface area contributed by atoms with E-state index in [1.165, 1.54) is 34.1 Å². The Morgan fingerprint density at radius 3 is 2.37 bits per heavy atom. The largest absolute Gasteiger partial charge is 0.444 e. The summed E-state index contributed by atoms with van der Waals surface area (Å²) in [6, 6.07) is 3.97. The third-order valence-electron chi connectivity index (χ3n) is 5.20. The number of alkyl halides is 3. The van der Waals surface area contributed by atoms with Crippen molar-refractivity contribution < 1.29 is 32.3 Å². The van der Waals surface area contributed by atoms with Crippen molar-refractivity contribution in [3.8, 4) is 0 Å². The molecule has 0 fully saturated rings. The van der Waals surface area contributed by atoms with Crippen LogP contribution in [0.4, 0.5) is 34.5 Å². The molecule has 0 spiro atoms. The van der Waals surface area contributed by atoms with Crippen LogP contribution in [0.25, 0.3) is 0 Å². The average Bonchev–Trinajstić information content (AvgIpc) is 3.42. The number of nitrogens with zero attached hydrogens (tertiary/aromatic N) is 4. The summed E-state index contributed by atoms with van der Waals surface area (Å²) in [7, 11) is 0. The number of aromatic nitrogens is 3. The normalized spacial score (nSPS) is 15.4. The zero-order valence-corrected chi connectivity index (χ0v) is 22.5. The first-order valence-corrected chi connectivity index (χ1v) is 11.9. The van der Waals surface area contributed by atoms with Gasteiger partial charge >= 0.3 is 12.3 Å². The average molecular weight is 571 g/mol. The van der Waals surface area contributed by atoms with Gasteiger partial charge in [-0.05, 0) is 52.0 Å². The number of benzene rings is 1. The number of carbonyl (C=O) groups excluding carboxylic acids is 3. The molecule has 0 saturated carbocycles. The molecule has 2 N–H and O–H groups in total. The quantitative estimate of drug-likeness (QED) is 0.440. The minimum Gasteiger partial charge on any atom is -0.444 e. The Kier molecular flexibility index (Phi) is 8.12. The minimum atomic E-state index is -4.49. The number of carbonyl (C=O) groups is 3. The Morgan fingerprint density at radius 2 is 1.76 bits per heavy atom. The fourth-order valence-electron chi connectivity index (χ4n) is 3.62. The Hall–Kier alpha value is -3.59. The molecular weight excluding hydrogens is 545 g/mol. The topological polar surface area (TPSA) is 118 Å². The van der Waals surface area contributed by atoms with Crippen molar-refractivity contribution >= 4 is 59.2 Å². The molecule has 3 amide bonds. The zero-order chi connectivity index (χ0) is 27.1. The van der Waals surface area contributed by atoms with E-state index in [4.69, 9.17) is 4.74 Å². The number of rotatable bonds is 4. The van der Waals surface area contributed by atoms with Crippen molar-refractivity contribution in [2.75, 3.05) is 22.1 Å². The lowest BCUT2D eigenvalue weighted by Crippen LogP contribution is -2.43. The number of ether oxygens (including phenoxy) is 1. The van der Waals surface area contributed by atoms with Crippen molar-refractivity contribution in [2.45, 2.75) is 45.5 Å². The molecule has 0 radical (unpaired) electrons. The van der Waals surface area contributed by atoms with E-state index in [-0.39, 0.29) is 53.2 Å². The molecule has 1 atom stereocenters. The van der Waals surface area contributed by atoms with Crippen LogP contribution in [0.3, 0.4) is 0 Å². The molecular formula is C23H25F3N6O4S2. The van der Waals surface area contributed by atoms with Crippen molar-refractivity contribution in [3.05, 3.63) is 52.8 Å². The monoisotopic (exact) mass is 570 g/mol. The fourth-order valence-corrected chi connectivity index (χ4v) is 4.32. The maximum absolute atomic E-state index is 13.3. The van der Waals surface area contributed by atoms with Crippen LogP contribution in [0, 0.1) is 0 Å². The summed E-state index contributed by atoms with van der Waals surface area (Å²) in [6.45, 7) is 7.10. The van der Waals surface area contributed by atoms with E-state index in [1.807, 2.05) is 0 Å². The van der Waals surface area contributed by atoms with E-state index in [1.54, 1.807) is 27.7 Å². The highest BCUT2D eigenvalue weighted by Gasteiger charge is 2.35. The van der Waals surface area contributed by atoms with Crippen LogP contribution >= 0.6 is 24.8 Å². The van der Waals surface area contributed by atoms with Gasteiger partial charge in [-0.1, -0.05) is 11.3 Å². The first-order valence-electron chi connectivity index (χ1n) is 11.1. The van der Waals surface area contributed by atoms with Crippen LogP contribution < -0.4 is 15.5 Å². The molecule has 15 heteroatoms. The standard InChI is InChI=1S/C23H23F3N6O4S.H2S/c1-12-11-31(14-7-5-13(6-8-14)23(24,25)26)19(34)17-15(9-28-32(12)17)29-18(33)16-10-27-20(37-16)30-21(35)36-22(2,3)4;/h5-10,12H,11H2,1-4H3,(H,29,33)(H,27,30,35);1H2/t12-;/m0./s1. The lowest BCUT2D eigenvalue weighted by molar-refractivity contribution is -0.137. The Balaban J connectivity index is 0.00000400. The number of fused-ring (bicyclic) bond motifs is 1. The van der Waals surface area contributed by atoms with Gasteiger partial charge in [0, 0.05) is 12.2 Å². The zero-order valence-electron chi connectivity index (χ0n) is 20.7. The highest BCUT2D eigenvalue weighted by molar-refractivity contribution is 7.59. The van der Waals surface area contributed by atoms with Crippen molar-refractivity contribution in [1.82, 2.24) is 14.8 Å². The van der Waals surface area contributed by atoms with E-state index >= 15 is 0 Å². The second-order valence-electron chi connectivity index (χ2n) is 9.27. The Bertz CT molecular complexity index is 1350. The number of halogens is 3. The summed E-state index contributed by atoms with van der Waals surface area (Å²) in [5, 5.41) is 9.44. The first kappa shape index (κ1) is 29.0.